The third-order valence-electron chi connectivity index (χ3n) is 5.03. The van der Waals surface area contributed by atoms with Gasteiger partial charge in [0, 0.05) is 38.3 Å². The highest BCUT2D eigenvalue weighted by Crippen LogP contribution is 2.14. The Morgan fingerprint density at radius 2 is 1.93 bits per heavy atom. The third kappa shape index (κ3) is 6.91. The van der Waals surface area contributed by atoms with E-state index < -0.39 is 0 Å². The Balaban J connectivity index is 2.02. The lowest BCUT2D eigenvalue weighted by Gasteiger charge is -2.37. The zero-order chi connectivity index (χ0) is 20.0. The standard InChI is InChI=1S/C22H36N2O3/c1-16(2)12-24(22(26)19-8-6-18(5)7-9-19)14-20-13-23(10-11-27-20)15-21(25)17(3)4/h6-9,16-17,20-21,25H,10-15H2,1-5H3. The summed E-state index contributed by atoms with van der Waals surface area (Å²) in [5.41, 5.74) is 1.88. The average Bonchev–Trinajstić information content (AvgIpc) is 2.61. The Labute approximate surface area is 164 Å². The van der Waals surface area contributed by atoms with E-state index in [0.29, 0.717) is 32.2 Å². The number of hydrogen-bond donors (Lipinski definition) is 1. The summed E-state index contributed by atoms with van der Waals surface area (Å²) in [6.45, 7) is 14.5. The molecule has 5 heteroatoms. The normalized spacial score (nSPS) is 19.5. The van der Waals surface area contributed by atoms with Crippen LogP contribution in [0.15, 0.2) is 24.3 Å². The first kappa shape index (κ1) is 21.9. The fraction of sp³-hybridized carbons (Fsp3) is 0.682. The summed E-state index contributed by atoms with van der Waals surface area (Å²) in [6.07, 6.45) is -0.351. The van der Waals surface area contributed by atoms with Crippen LogP contribution in [-0.4, -0.2) is 72.4 Å². The largest absolute Gasteiger partial charge is 0.392 e. The van der Waals surface area contributed by atoms with Gasteiger partial charge in [0.05, 0.1) is 18.8 Å². The molecule has 0 aromatic heterocycles. The zero-order valence-corrected chi connectivity index (χ0v) is 17.5. The smallest absolute Gasteiger partial charge is 0.253 e. The van der Waals surface area contributed by atoms with Crippen molar-refractivity contribution in [1.29, 1.82) is 0 Å². The lowest BCUT2D eigenvalue weighted by atomic mass is 10.1. The van der Waals surface area contributed by atoms with E-state index in [9.17, 15) is 9.90 Å². The second-order valence-corrected chi connectivity index (χ2v) is 8.53. The number of rotatable bonds is 8. The van der Waals surface area contributed by atoms with E-state index in [4.69, 9.17) is 4.74 Å². The second-order valence-electron chi connectivity index (χ2n) is 8.53. The number of benzene rings is 1. The molecular weight excluding hydrogens is 340 g/mol. The van der Waals surface area contributed by atoms with Crippen LogP contribution in [0, 0.1) is 18.8 Å². The number of aliphatic hydroxyl groups is 1. The van der Waals surface area contributed by atoms with Gasteiger partial charge in [-0.2, -0.15) is 0 Å². The zero-order valence-electron chi connectivity index (χ0n) is 17.5. The summed E-state index contributed by atoms with van der Waals surface area (Å²) in [7, 11) is 0. The van der Waals surface area contributed by atoms with E-state index in [1.165, 1.54) is 0 Å². The summed E-state index contributed by atoms with van der Waals surface area (Å²) in [5, 5.41) is 10.2. The Morgan fingerprint density at radius 1 is 1.26 bits per heavy atom. The van der Waals surface area contributed by atoms with Crippen molar-refractivity contribution in [2.75, 3.05) is 39.3 Å². The van der Waals surface area contributed by atoms with Crippen LogP contribution in [0.25, 0.3) is 0 Å². The van der Waals surface area contributed by atoms with E-state index in [0.717, 1.165) is 24.2 Å². The number of aryl methyl sites for hydroxylation is 1. The second kappa shape index (κ2) is 10.2. The van der Waals surface area contributed by atoms with Gasteiger partial charge in [-0.1, -0.05) is 45.4 Å². The van der Waals surface area contributed by atoms with Crippen molar-refractivity contribution in [2.45, 2.75) is 46.8 Å². The molecule has 1 aromatic rings. The molecule has 1 fully saturated rings. The Hall–Kier alpha value is -1.43. The molecule has 1 aromatic carbocycles. The molecule has 2 atom stereocenters. The van der Waals surface area contributed by atoms with E-state index in [2.05, 4.69) is 18.7 Å². The molecule has 152 valence electrons. The molecule has 2 unspecified atom stereocenters. The molecule has 1 N–H and O–H groups in total. The predicted octanol–water partition coefficient (Wildman–Crippen LogP) is 2.81. The van der Waals surface area contributed by atoms with Crippen LogP contribution in [-0.2, 0) is 4.74 Å². The number of aliphatic hydroxyl groups excluding tert-OH is 1. The highest BCUT2D eigenvalue weighted by atomic mass is 16.5. The van der Waals surface area contributed by atoms with Crippen molar-refractivity contribution < 1.29 is 14.6 Å². The average molecular weight is 377 g/mol. The van der Waals surface area contributed by atoms with Gasteiger partial charge >= 0.3 is 0 Å². The lowest BCUT2D eigenvalue weighted by molar-refractivity contribution is -0.0547. The van der Waals surface area contributed by atoms with Gasteiger partial charge in [0.15, 0.2) is 0 Å². The number of morpholine rings is 1. The van der Waals surface area contributed by atoms with Crippen LogP contribution < -0.4 is 0 Å². The third-order valence-corrected chi connectivity index (χ3v) is 5.03. The number of hydrogen-bond acceptors (Lipinski definition) is 4. The molecule has 0 saturated carbocycles. The summed E-state index contributed by atoms with van der Waals surface area (Å²) >= 11 is 0. The molecule has 1 aliphatic rings. The number of ether oxygens (including phenoxy) is 1. The molecule has 0 spiro atoms. The summed E-state index contributed by atoms with van der Waals surface area (Å²) in [4.78, 5) is 17.2. The molecule has 5 nitrogen and oxygen atoms in total. The van der Waals surface area contributed by atoms with Gasteiger partial charge in [0.25, 0.3) is 5.91 Å². The van der Waals surface area contributed by atoms with Crippen molar-refractivity contribution in [3.8, 4) is 0 Å². The quantitative estimate of drug-likeness (QED) is 0.758. The van der Waals surface area contributed by atoms with Gasteiger partial charge in [-0.15, -0.1) is 0 Å². The van der Waals surface area contributed by atoms with E-state index in [-0.39, 0.29) is 24.0 Å². The van der Waals surface area contributed by atoms with Crippen molar-refractivity contribution >= 4 is 5.91 Å². The highest BCUT2D eigenvalue weighted by Gasteiger charge is 2.27. The van der Waals surface area contributed by atoms with Crippen molar-refractivity contribution in [3.63, 3.8) is 0 Å². The SMILES string of the molecule is Cc1ccc(C(=O)N(CC(C)C)CC2CN(CC(O)C(C)C)CCO2)cc1. The minimum atomic E-state index is -0.329. The lowest BCUT2D eigenvalue weighted by Crippen LogP contribution is -2.51. The van der Waals surface area contributed by atoms with Gasteiger partial charge in [-0.05, 0) is 30.9 Å². The minimum absolute atomic E-state index is 0.0220. The Kier molecular flexibility index (Phi) is 8.27. The molecule has 0 aliphatic carbocycles. The van der Waals surface area contributed by atoms with Crippen LogP contribution >= 0.6 is 0 Å². The van der Waals surface area contributed by atoms with Gasteiger partial charge in [-0.25, -0.2) is 0 Å². The van der Waals surface area contributed by atoms with Crippen molar-refractivity contribution in [2.24, 2.45) is 11.8 Å². The van der Waals surface area contributed by atoms with E-state index in [1.807, 2.05) is 49.9 Å². The number of carbonyl (C=O) groups is 1. The molecule has 0 bridgehead atoms. The number of amides is 1. The molecule has 1 amide bonds. The molecule has 1 aliphatic heterocycles. The summed E-state index contributed by atoms with van der Waals surface area (Å²) in [5.74, 6) is 0.695. The molecule has 27 heavy (non-hydrogen) atoms. The summed E-state index contributed by atoms with van der Waals surface area (Å²) < 4.78 is 5.95. The number of β-amino-alcohol motifs (C(OH)–C–C–N with tert-alkyl or cyclic N) is 1. The van der Waals surface area contributed by atoms with Crippen LogP contribution in [0.2, 0.25) is 0 Å². The topological polar surface area (TPSA) is 53.0 Å². The van der Waals surface area contributed by atoms with E-state index in [1.54, 1.807) is 0 Å². The fourth-order valence-electron chi connectivity index (χ4n) is 3.34. The minimum Gasteiger partial charge on any atom is -0.392 e. The molecule has 1 heterocycles. The molecule has 2 rings (SSSR count). The van der Waals surface area contributed by atoms with Crippen LogP contribution in [0.5, 0.6) is 0 Å². The van der Waals surface area contributed by atoms with Gasteiger partial charge in [-0.3, -0.25) is 9.69 Å². The van der Waals surface area contributed by atoms with Crippen LogP contribution in [0.1, 0.15) is 43.6 Å². The first-order valence-electron chi connectivity index (χ1n) is 10.1. The number of carbonyl (C=O) groups excluding carboxylic acids is 1. The molecule has 1 saturated heterocycles. The monoisotopic (exact) mass is 376 g/mol. The summed E-state index contributed by atoms with van der Waals surface area (Å²) in [6, 6.07) is 7.76. The molecular formula is C22H36N2O3. The maximum Gasteiger partial charge on any atom is 0.253 e. The molecule has 0 radical (unpaired) electrons. The number of nitrogens with zero attached hydrogens (tertiary/aromatic N) is 2. The first-order chi connectivity index (χ1) is 12.8. The van der Waals surface area contributed by atoms with Gasteiger partial charge < -0.3 is 14.7 Å². The van der Waals surface area contributed by atoms with Gasteiger partial charge in [0.1, 0.15) is 0 Å². The maximum absolute atomic E-state index is 13.0. The maximum atomic E-state index is 13.0. The van der Waals surface area contributed by atoms with Gasteiger partial charge in [0.2, 0.25) is 0 Å². The van der Waals surface area contributed by atoms with E-state index >= 15 is 0 Å². The Morgan fingerprint density at radius 3 is 2.52 bits per heavy atom. The van der Waals surface area contributed by atoms with Crippen LogP contribution in [0.4, 0.5) is 0 Å². The van der Waals surface area contributed by atoms with Crippen LogP contribution in [0.3, 0.4) is 0 Å². The highest BCUT2D eigenvalue weighted by molar-refractivity contribution is 5.94. The fourth-order valence-corrected chi connectivity index (χ4v) is 3.34. The van der Waals surface area contributed by atoms with Crippen molar-refractivity contribution in [1.82, 2.24) is 9.80 Å². The first-order valence-corrected chi connectivity index (χ1v) is 10.1. The Bertz CT molecular complexity index is 586. The predicted molar refractivity (Wildman–Crippen MR) is 109 cm³/mol. The van der Waals surface area contributed by atoms with Crippen molar-refractivity contribution in [3.05, 3.63) is 35.4 Å².